The standard InChI is InChI=1S/C19H16F3NO2/c20-19(21,22)14-8-5-13(6-9-14)7-10-18(24)23-16-11-12-25-17-4-2-1-3-15(16)17/h1-10,16H,11-12H2,(H,23,24)/b10-7+/t16-/m1/s1. The van der Waals surface area contributed by atoms with Crippen LogP contribution in [0.4, 0.5) is 13.2 Å². The highest BCUT2D eigenvalue weighted by Gasteiger charge is 2.29. The third kappa shape index (κ3) is 4.21. The van der Waals surface area contributed by atoms with Gasteiger partial charge in [-0.15, -0.1) is 0 Å². The Morgan fingerprint density at radius 3 is 2.56 bits per heavy atom. The second-order valence-corrected chi connectivity index (χ2v) is 5.69. The van der Waals surface area contributed by atoms with Crippen molar-refractivity contribution in [1.82, 2.24) is 5.32 Å². The van der Waals surface area contributed by atoms with Crippen LogP contribution in [-0.4, -0.2) is 12.5 Å². The summed E-state index contributed by atoms with van der Waals surface area (Å²) in [4.78, 5) is 12.1. The molecule has 0 saturated heterocycles. The van der Waals surface area contributed by atoms with Crippen LogP contribution in [0.5, 0.6) is 5.75 Å². The number of carbonyl (C=O) groups is 1. The monoisotopic (exact) mass is 347 g/mol. The van der Waals surface area contributed by atoms with Crippen LogP contribution >= 0.6 is 0 Å². The van der Waals surface area contributed by atoms with Crippen molar-refractivity contribution >= 4 is 12.0 Å². The molecule has 130 valence electrons. The highest BCUT2D eigenvalue weighted by molar-refractivity contribution is 5.92. The number of para-hydroxylation sites is 1. The lowest BCUT2D eigenvalue weighted by atomic mass is 10.0. The zero-order chi connectivity index (χ0) is 17.9. The highest BCUT2D eigenvalue weighted by Crippen LogP contribution is 2.31. The molecule has 0 fully saturated rings. The minimum atomic E-state index is -4.37. The fourth-order valence-electron chi connectivity index (χ4n) is 2.67. The zero-order valence-corrected chi connectivity index (χ0v) is 13.2. The molecular weight excluding hydrogens is 331 g/mol. The number of hydrogen-bond acceptors (Lipinski definition) is 2. The molecule has 1 aliphatic heterocycles. The molecule has 25 heavy (non-hydrogen) atoms. The molecule has 0 aromatic heterocycles. The predicted octanol–water partition coefficient (Wildman–Crippen LogP) is 4.36. The van der Waals surface area contributed by atoms with Gasteiger partial charge in [-0.05, 0) is 29.8 Å². The lowest BCUT2D eigenvalue weighted by Gasteiger charge is -2.26. The molecule has 1 heterocycles. The van der Waals surface area contributed by atoms with Gasteiger partial charge in [-0.2, -0.15) is 13.2 Å². The predicted molar refractivity (Wildman–Crippen MR) is 87.9 cm³/mol. The smallest absolute Gasteiger partial charge is 0.416 e. The van der Waals surface area contributed by atoms with Crippen LogP contribution in [0.3, 0.4) is 0 Å². The maximum atomic E-state index is 12.5. The van der Waals surface area contributed by atoms with E-state index in [9.17, 15) is 18.0 Å². The van der Waals surface area contributed by atoms with Crippen LogP contribution in [0.15, 0.2) is 54.6 Å². The number of ether oxygens (including phenoxy) is 1. The molecule has 3 nitrogen and oxygen atoms in total. The number of amides is 1. The Morgan fingerprint density at radius 1 is 1.12 bits per heavy atom. The molecule has 2 aromatic carbocycles. The van der Waals surface area contributed by atoms with Gasteiger partial charge in [0.1, 0.15) is 5.75 Å². The fraction of sp³-hybridized carbons (Fsp3) is 0.211. The van der Waals surface area contributed by atoms with Crippen LogP contribution in [0.25, 0.3) is 6.08 Å². The molecule has 3 rings (SSSR count). The normalized spacial score (nSPS) is 17.0. The summed E-state index contributed by atoms with van der Waals surface area (Å²) in [5.74, 6) is 0.451. The van der Waals surface area contributed by atoms with Crippen molar-refractivity contribution in [3.05, 3.63) is 71.3 Å². The molecule has 1 N–H and O–H groups in total. The first-order valence-electron chi connectivity index (χ1n) is 7.81. The average molecular weight is 347 g/mol. The van der Waals surface area contributed by atoms with Crippen LogP contribution in [-0.2, 0) is 11.0 Å². The van der Waals surface area contributed by atoms with Gasteiger partial charge in [0.25, 0.3) is 0 Å². The molecule has 0 spiro atoms. The van der Waals surface area contributed by atoms with E-state index in [1.807, 2.05) is 24.3 Å². The largest absolute Gasteiger partial charge is 0.493 e. The van der Waals surface area contributed by atoms with Crippen molar-refractivity contribution in [2.24, 2.45) is 0 Å². The number of alkyl halides is 3. The second kappa shape index (κ2) is 7.01. The minimum Gasteiger partial charge on any atom is -0.493 e. The third-order valence-electron chi connectivity index (χ3n) is 3.94. The van der Waals surface area contributed by atoms with Crippen LogP contribution in [0.1, 0.15) is 29.2 Å². The summed E-state index contributed by atoms with van der Waals surface area (Å²) in [5.41, 5.74) is 0.730. The lowest BCUT2D eigenvalue weighted by molar-refractivity contribution is -0.137. The first-order valence-corrected chi connectivity index (χ1v) is 7.81. The van der Waals surface area contributed by atoms with E-state index in [0.717, 1.165) is 23.4 Å². The topological polar surface area (TPSA) is 38.3 Å². The Kier molecular flexibility index (Phi) is 4.79. The van der Waals surface area contributed by atoms with E-state index < -0.39 is 11.7 Å². The molecule has 1 atom stereocenters. The Morgan fingerprint density at radius 2 is 1.84 bits per heavy atom. The first kappa shape index (κ1) is 17.1. The average Bonchev–Trinajstić information content (AvgIpc) is 2.60. The summed E-state index contributed by atoms with van der Waals surface area (Å²) in [6.07, 6.45) is -0.895. The van der Waals surface area contributed by atoms with Gasteiger partial charge in [-0.3, -0.25) is 4.79 Å². The summed E-state index contributed by atoms with van der Waals surface area (Å²) in [5, 5.41) is 2.90. The van der Waals surface area contributed by atoms with E-state index in [1.54, 1.807) is 0 Å². The second-order valence-electron chi connectivity index (χ2n) is 5.69. The maximum absolute atomic E-state index is 12.5. The highest BCUT2D eigenvalue weighted by atomic mass is 19.4. The fourth-order valence-corrected chi connectivity index (χ4v) is 2.67. The Bertz CT molecular complexity index is 782. The third-order valence-corrected chi connectivity index (χ3v) is 3.94. The quantitative estimate of drug-likeness (QED) is 0.838. The molecule has 0 aliphatic carbocycles. The number of hydrogen-bond donors (Lipinski definition) is 1. The molecule has 0 saturated carbocycles. The lowest BCUT2D eigenvalue weighted by Crippen LogP contribution is -2.30. The van der Waals surface area contributed by atoms with Crippen molar-refractivity contribution in [2.45, 2.75) is 18.6 Å². The molecule has 1 amide bonds. The summed E-state index contributed by atoms with van der Waals surface area (Å²) in [6.45, 7) is 0.518. The van der Waals surface area contributed by atoms with Gasteiger partial charge in [0.2, 0.25) is 5.91 Å². The van der Waals surface area contributed by atoms with Crippen LogP contribution in [0, 0.1) is 0 Å². The summed E-state index contributed by atoms with van der Waals surface area (Å²) in [6, 6.07) is 12.0. The van der Waals surface area contributed by atoms with Crippen molar-refractivity contribution in [1.29, 1.82) is 0 Å². The SMILES string of the molecule is O=C(/C=C/c1ccc(C(F)(F)F)cc1)N[C@@H]1CCOc2ccccc21. The van der Waals surface area contributed by atoms with E-state index in [1.165, 1.54) is 24.3 Å². The number of fused-ring (bicyclic) bond motifs is 1. The number of nitrogens with one attached hydrogen (secondary N) is 1. The Labute approximate surface area is 143 Å². The van der Waals surface area contributed by atoms with E-state index in [0.29, 0.717) is 18.6 Å². The van der Waals surface area contributed by atoms with E-state index in [2.05, 4.69) is 5.32 Å². The van der Waals surface area contributed by atoms with Crippen molar-refractivity contribution in [3.63, 3.8) is 0 Å². The Balaban J connectivity index is 1.64. The van der Waals surface area contributed by atoms with E-state index in [-0.39, 0.29) is 11.9 Å². The Hall–Kier alpha value is -2.76. The molecule has 2 aromatic rings. The van der Waals surface area contributed by atoms with Crippen molar-refractivity contribution in [2.75, 3.05) is 6.61 Å². The summed E-state index contributed by atoms with van der Waals surface area (Å²) in [7, 11) is 0. The molecule has 0 unspecified atom stereocenters. The molecule has 0 bridgehead atoms. The van der Waals surface area contributed by atoms with E-state index in [4.69, 9.17) is 4.74 Å². The van der Waals surface area contributed by atoms with Gasteiger partial charge in [0.05, 0.1) is 18.2 Å². The zero-order valence-electron chi connectivity index (χ0n) is 13.2. The van der Waals surface area contributed by atoms with Gasteiger partial charge in [0.15, 0.2) is 0 Å². The number of rotatable bonds is 3. The maximum Gasteiger partial charge on any atom is 0.416 e. The molecular formula is C19H16F3NO2. The van der Waals surface area contributed by atoms with Gasteiger partial charge >= 0.3 is 6.18 Å². The van der Waals surface area contributed by atoms with Crippen molar-refractivity contribution in [3.8, 4) is 5.75 Å². The van der Waals surface area contributed by atoms with Crippen molar-refractivity contribution < 1.29 is 22.7 Å². The van der Waals surface area contributed by atoms with Gasteiger partial charge in [-0.25, -0.2) is 0 Å². The van der Waals surface area contributed by atoms with E-state index >= 15 is 0 Å². The van der Waals surface area contributed by atoms with Crippen LogP contribution in [0.2, 0.25) is 0 Å². The van der Waals surface area contributed by atoms with Gasteiger partial charge in [-0.1, -0.05) is 30.3 Å². The number of halogens is 3. The summed E-state index contributed by atoms with van der Waals surface area (Å²) < 4.78 is 43.1. The number of benzene rings is 2. The minimum absolute atomic E-state index is 0.144. The molecule has 6 heteroatoms. The number of carbonyl (C=O) groups excluding carboxylic acids is 1. The molecule has 0 radical (unpaired) electrons. The van der Waals surface area contributed by atoms with Gasteiger partial charge < -0.3 is 10.1 Å². The molecule has 1 aliphatic rings. The summed E-state index contributed by atoms with van der Waals surface area (Å²) >= 11 is 0. The first-order chi connectivity index (χ1) is 11.9. The van der Waals surface area contributed by atoms with Gasteiger partial charge in [0, 0.05) is 18.1 Å². The van der Waals surface area contributed by atoms with Crippen LogP contribution < -0.4 is 10.1 Å².